The highest BCUT2D eigenvalue weighted by Crippen LogP contribution is 2.60. The van der Waals surface area contributed by atoms with Gasteiger partial charge in [0.05, 0.1) is 16.9 Å². The molecule has 1 aromatic heterocycles. The summed E-state index contributed by atoms with van der Waals surface area (Å²) in [5.74, 6) is 3.12. The monoisotopic (exact) mass is 408 g/mol. The van der Waals surface area contributed by atoms with Crippen LogP contribution in [-0.4, -0.2) is 21.4 Å². The van der Waals surface area contributed by atoms with Gasteiger partial charge in [-0.25, -0.2) is 0 Å². The molecule has 1 aromatic carbocycles. The van der Waals surface area contributed by atoms with Crippen LogP contribution in [0.25, 0.3) is 0 Å². The average Bonchev–Trinajstić information content (AvgIpc) is 3.17. The summed E-state index contributed by atoms with van der Waals surface area (Å²) in [7, 11) is 0. The number of anilines is 1. The number of nitrogens with zero attached hydrogens (tertiary/aromatic N) is 3. The number of hydrogen-bond donors (Lipinski definition) is 1. The van der Waals surface area contributed by atoms with Gasteiger partial charge in [-0.15, -0.1) is 10.2 Å². The molecule has 150 valence electrons. The molecule has 4 bridgehead atoms. The van der Waals surface area contributed by atoms with E-state index in [4.69, 9.17) is 9.68 Å². The largest absolute Gasteiger partial charge is 0.415 e. The van der Waals surface area contributed by atoms with Crippen molar-refractivity contribution in [2.75, 3.05) is 5.32 Å². The molecule has 4 aliphatic rings. The number of carbonyl (C=O) groups is 1. The maximum Gasteiger partial charge on any atom is 0.277 e. The van der Waals surface area contributed by atoms with E-state index in [9.17, 15) is 4.79 Å². The Labute approximate surface area is 174 Å². The van der Waals surface area contributed by atoms with Crippen molar-refractivity contribution in [3.8, 4) is 6.07 Å². The molecule has 29 heavy (non-hydrogen) atoms. The number of hydrogen-bond acceptors (Lipinski definition) is 6. The molecular weight excluding hydrogens is 384 g/mol. The minimum atomic E-state index is -0.365. The van der Waals surface area contributed by atoms with E-state index >= 15 is 0 Å². The smallest absolute Gasteiger partial charge is 0.277 e. The zero-order valence-corrected chi connectivity index (χ0v) is 17.2. The Kier molecular flexibility index (Phi) is 4.62. The van der Waals surface area contributed by atoms with Gasteiger partial charge in [0.15, 0.2) is 0 Å². The predicted octanol–water partition coefficient (Wildman–Crippen LogP) is 4.53. The van der Waals surface area contributed by atoms with Crippen LogP contribution in [0.5, 0.6) is 0 Å². The van der Waals surface area contributed by atoms with Crippen LogP contribution in [0.3, 0.4) is 0 Å². The Hall–Kier alpha value is -2.33. The number of rotatable bonds is 5. The van der Waals surface area contributed by atoms with Crippen LogP contribution in [0.1, 0.15) is 56.9 Å². The van der Waals surface area contributed by atoms with Crippen LogP contribution in [0.2, 0.25) is 0 Å². The second kappa shape index (κ2) is 7.17. The summed E-state index contributed by atoms with van der Waals surface area (Å²) < 4.78 is 6.09. The molecule has 0 aliphatic heterocycles. The maximum absolute atomic E-state index is 12.5. The SMILES string of the molecule is C[C@@H](Sc1nnc(C23CC4CC(CC(C4)C2)C3)o1)C(=O)Nc1ccc(C#N)cc1. The van der Waals surface area contributed by atoms with Crippen molar-refractivity contribution in [2.45, 2.75) is 61.3 Å². The lowest BCUT2D eigenvalue weighted by Gasteiger charge is -2.55. The third kappa shape index (κ3) is 3.55. The molecule has 1 amide bonds. The standard InChI is InChI=1S/C22H24N4O2S/c1-13(19(27)24-18-4-2-14(12-23)3-5-18)29-21-26-25-20(28-21)22-9-15-6-16(10-22)8-17(7-15)11-22/h2-5,13,15-17H,6-11H2,1H3,(H,24,27)/t13-,15?,16?,17?,22?/m1/s1. The Balaban J connectivity index is 1.24. The highest BCUT2D eigenvalue weighted by atomic mass is 32.2. The fourth-order valence-electron chi connectivity index (χ4n) is 5.92. The average molecular weight is 409 g/mol. The van der Waals surface area contributed by atoms with Crippen molar-refractivity contribution in [3.05, 3.63) is 35.7 Å². The van der Waals surface area contributed by atoms with Gasteiger partial charge in [-0.2, -0.15) is 5.26 Å². The second-order valence-electron chi connectivity index (χ2n) is 9.01. The Morgan fingerprint density at radius 2 is 1.79 bits per heavy atom. The molecule has 0 unspecified atom stereocenters. The first kappa shape index (κ1) is 18.7. The van der Waals surface area contributed by atoms with E-state index in [1.165, 1.54) is 50.3 Å². The van der Waals surface area contributed by atoms with Crippen molar-refractivity contribution in [3.63, 3.8) is 0 Å². The third-order valence-electron chi connectivity index (χ3n) is 6.83. The third-order valence-corrected chi connectivity index (χ3v) is 7.76. The van der Waals surface area contributed by atoms with Gasteiger partial charge in [0.2, 0.25) is 11.8 Å². The topological polar surface area (TPSA) is 91.8 Å². The minimum Gasteiger partial charge on any atom is -0.415 e. The summed E-state index contributed by atoms with van der Waals surface area (Å²) in [4.78, 5) is 12.5. The van der Waals surface area contributed by atoms with Gasteiger partial charge in [0.1, 0.15) is 0 Å². The number of thioether (sulfide) groups is 1. The number of nitrogens with one attached hydrogen (secondary N) is 1. The molecule has 0 saturated heterocycles. The molecule has 4 saturated carbocycles. The van der Waals surface area contributed by atoms with Crippen LogP contribution < -0.4 is 5.32 Å². The first-order chi connectivity index (χ1) is 14.0. The van der Waals surface area contributed by atoms with E-state index in [0.29, 0.717) is 16.5 Å². The van der Waals surface area contributed by atoms with Crippen molar-refractivity contribution >= 4 is 23.4 Å². The lowest BCUT2D eigenvalue weighted by molar-refractivity contribution is -0.115. The molecule has 0 spiro atoms. The highest BCUT2D eigenvalue weighted by Gasteiger charge is 2.54. The number of amides is 1. The van der Waals surface area contributed by atoms with Crippen LogP contribution >= 0.6 is 11.8 Å². The molecular formula is C22H24N4O2S. The second-order valence-corrected chi connectivity index (χ2v) is 10.3. The number of nitriles is 1. The summed E-state index contributed by atoms with van der Waals surface area (Å²) >= 11 is 1.30. The predicted molar refractivity (Wildman–Crippen MR) is 109 cm³/mol. The van der Waals surface area contributed by atoms with Gasteiger partial charge < -0.3 is 9.73 Å². The van der Waals surface area contributed by atoms with Crippen molar-refractivity contribution in [1.82, 2.24) is 10.2 Å². The zero-order valence-electron chi connectivity index (χ0n) is 16.4. The molecule has 4 fully saturated rings. The molecule has 6 rings (SSSR count). The zero-order chi connectivity index (χ0) is 20.0. The van der Waals surface area contributed by atoms with Crippen LogP contribution in [-0.2, 0) is 10.2 Å². The van der Waals surface area contributed by atoms with Gasteiger partial charge in [-0.1, -0.05) is 11.8 Å². The van der Waals surface area contributed by atoms with Crippen molar-refractivity contribution in [2.24, 2.45) is 17.8 Å². The Bertz CT molecular complexity index is 927. The quantitative estimate of drug-likeness (QED) is 0.731. The van der Waals surface area contributed by atoms with Gasteiger partial charge in [0, 0.05) is 11.1 Å². The Morgan fingerprint density at radius 3 is 2.38 bits per heavy atom. The lowest BCUT2D eigenvalue weighted by atomic mass is 9.49. The maximum atomic E-state index is 12.5. The van der Waals surface area contributed by atoms with Crippen molar-refractivity contribution in [1.29, 1.82) is 5.26 Å². The van der Waals surface area contributed by atoms with E-state index in [0.717, 1.165) is 23.6 Å². The summed E-state index contributed by atoms with van der Waals surface area (Å²) in [5.41, 5.74) is 1.31. The summed E-state index contributed by atoms with van der Waals surface area (Å²) in [6, 6.07) is 8.89. The minimum absolute atomic E-state index is 0.0779. The summed E-state index contributed by atoms with van der Waals surface area (Å²) in [6.07, 6.45) is 7.67. The van der Waals surface area contributed by atoms with E-state index in [1.54, 1.807) is 24.3 Å². The van der Waals surface area contributed by atoms with E-state index in [-0.39, 0.29) is 16.6 Å². The molecule has 0 radical (unpaired) electrons. The normalized spacial score (nSPS) is 30.7. The van der Waals surface area contributed by atoms with Gasteiger partial charge in [0.25, 0.3) is 5.22 Å². The highest BCUT2D eigenvalue weighted by molar-refractivity contribution is 8.00. The number of aromatic nitrogens is 2. The molecule has 6 nitrogen and oxygen atoms in total. The van der Waals surface area contributed by atoms with E-state index < -0.39 is 0 Å². The molecule has 1 N–H and O–H groups in total. The Morgan fingerprint density at radius 1 is 1.17 bits per heavy atom. The van der Waals surface area contributed by atoms with E-state index in [1.807, 2.05) is 6.92 Å². The fourth-order valence-corrected chi connectivity index (χ4v) is 6.60. The number of benzene rings is 1. The fraction of sp³-hybridized carbons (Fsp3) is 0.545. The summed E-state index contributed by atoms with van der Waals surface area (Å²) in [5, 5.41) is 20.5. The lowest BCUT2D eigenvalue weighted by Crippen LogP contribution is -2.48. The first-order valence-corrected chi connectivity index (χ1v) is 11.2. The molecule has 7 heteroatoms. The van der Waals surface area contributed by atoms with Crippen LogP contribution in [0.4, 0.5) is 5.69 Å². The summed E-state index contributed by atoms with van der Waals surface area (Å²) in [6.45, 7) is 1.83. The number of carbonyl (C=O) groups excluding carboxylic acids is 1. The van der Waals surface area contributed by atoms with Gasteiger partial charge in [-0.3, -0.25) is 4.79 Å². The van der Waals surface area contributed by atoms with Crippen LogP contribution in [0, 0.1) is 29.1 Å². The van der Waals surface area contributed by atoms with Gasteiger partial charge >= 0.3 is 0 Å². The van der Waals surface area contributed by atoms with Crippen molar-refractivity contribution < 1.29 is 9.21 Å². The molecule has 1 atom stereocenters. The molecule has 1 heterocycles. The molecule has 2 aromatic rings. The first-order valence-electron chi connectivity index (χ1n) is 10.3. The van der Waals surface area contributed by atoms with Crippen LogP contribution in [0.15, 0.2) is 33.9 Å². The molecule has 4 aliphatic carbocycles. The van der Waals surface area contributed by atoms with Gasteiger partial charge in [-0.05, 0) is 87.5 Å². The van der Waals surface area contributed by atoms with E-state index in [2.05, 4.69) is 21.6 Å².